The number of methoxy groups -OCH3 is 1. The van der Waals surface area contributed by atoms with E-state index >= 15 is 0 Å². The van der Waals surface area contributed by atoms with Crippen LogP contribution in [0, 0.1) is 5.92 Å². The Balaban J connectivity index is 1.84. The first kappa shape index (κ1) is 14.2. The van der Waals surface area contributed by atoms with Crippen molar-refractivity contribution in [3.05, 3.63) is 18.0 Å². The van der Waals surface area contributed by atoms with E-state index in [9.17, 15) is 0 Å². The van der Waals surface area contributed by atoms with Crippen LogP contribution in [0.3, 0.4) is 0 Å². The van der Waals surface area contributed by atoms with E-state index in [4.69, 9.17) is 4.74 Å². The van der Waals surface area contributed by atoms with Gasteiger partial charge in [-0.15, -0.1) is 0 Å². The van der Waals surface area contributed by atoms with Gasteiger partial charge in [0.25, 0.3) is 0 Å². The molecule has 2 rings (SSSR count). The lowest BCUT2D eigenvalue weighted by Crippen LogP contribution is -2.24. The molecule has 1 aliphatic rings. The van der Waals surface area contributed by atoms with Crippen LogP contribution in [-0.4, -0.2) is 42.8 Å². The minimum atomic E-state index is 0.316. The third-order valence-corrected chi connectivity index (χ3v) is 3.33. The van der Waals surface area contributed by atoms with Gasteiger partial charge in [0, 0.05) is 44.7 Å². The van der Waals surface area contributed by atoms with Gasteiger partial charge in [-0.1, -0.05) is 13.8 Å². The molecule has 0 amide bonds. The molecule has 1 fully saturated rings. The summed E-state index contributed by atoms with van der Waals surface area (Å²) >= 11 is 0. The molecular weight excluding hydrogens is 240 g/mol. The predicted octanol–water partition coefficient (Wildman–Crippen LogP) is 1.45. The highest BCUT2D eigenvalue weighted by Crippen LogP contribution is 2.17. The second kappa shape index (κ2) is 6.82. The summed E-state index contributed by atoms with van der Waals surface area (Å²) in [5, 5.41) is 3.39. The summed E-state index contributed by atoms with van der Waals surface area (Å²) in [6, 6.07) is 0. The highest BCUT2D eigenvalue weighted by atomic mass is 16.5. The summed E-state index contributed by atoms with van der Waals surface area (Å²) in [4.78, 5) is 11.1. The summed E-state index contributed by atoms with van der Waals surface area (Å²) in [5.74, 6) is 1.47. The number of aromatic nitrogens is 2. The Morgan fingerprint density at radius 3 is 2.74 bits per heavy atom. The molecule has 1 saturated heterocycles. The average molecular weight is 264 g/mol. The molecule has 1 unspecified atom stereocenters. The number of ether oxygens (including phenoxy) is 1. The maximum absolute atomic E-state index is 5.35. The fraction of sp³-hybridized carbons (Fsp3) is 0.714. The highest BCUT2D eigenvalue weighted by Gasteiger charge is 2.23. The minimum Gasteiger partial charge on any atom is -0.380 e. The smallest absolute Gasteiger partial charge is 0.225 e. The van der Waals surface area contributed by atoms with E-state index in [0.717, 1.165) is 44.1 Å². The van der Waals surface area contributed by atoms with Crippen LogP contribution in [0.5, 0.6) is 0 Å². The summed E-state index contributed by atoms with van der Waals surface area (Å²) in [6.45, 7) is 8.12. The number of nitrogens with one attached hydrogen (secondary N) is 1. The Hall–Kier alpha value is -1.20. The Morgan fingerprint density at radius 1 is 1.42 bits per heavy atom. The second-order valence-corrected chi connectivity index (χ2v) is 5.51. The zero-order valence-corrected chi connectivity index (χ0v) is 12.1. The van der Waals surface area contributed by atoms with Crippen LogP contribution in [-0.2, 0) is 11.3 Å². The van der Waals surface area contributed by atoms with Crippen molar-refractivity contribution >= 4 is 5.95 Å². The fourth-order valence-electron chi connectivity index (χ4n) is 2.21. The van der Waals surface area contributed by atoms with Crippen LogP contribution >= 0.6 is 0 Å². The van der Waals surface area contributed by atoms with Crippen molar-refractivity contribution in [1.29, 1.82) is 0 Å². The van der Waals surface area contributed by atoms with Crippen molar-refractivity contribution in [3.63, 3.8) is 0 Å². The maximum atomic E-state index is 5.35. The standard InChI is InChI=1S/C14H24N4O/c1-11(2)6-15-7-12-8-16-14(17-9-12)18-5-4-13(10-18)19-3/h8-9,11,13,15H,4-7,10H2,1-3H3. The van der Waals surface area contributed by atoms with E-state index in [0.29, 0.717) is 12.0 Å². The topological polar surface area (TPSA) is 50.3 Å². The molecule has 0 spiro atoms. The number of nitrogens with zero attached hydrogens (tertiary/aromatic N) is 3. The molecule has 1 aliphatic heterocycles. The summed E-state index contributed by atoms with van der Waals surface area (Å²) in [7, 11) is 1.76. The van der Waals surface area contributed by atoms with Gasteiger partial charge in [-0.3, -0.25) is 0 Å². The first-order valence-corrected chi connectivity index (χ1v) is 6.98. The zero-order chi connectivity index (χ0) is 13.7. The molecule has 2 heterocycles. The van der Waals surface area contributed by atoms with Crippen molar-refractivity contribution in [3.8, 4) is 0 Å². The second-order valence-electron chi connectivity index (χ2n) is 5.51. The summed E-state index contributed by atoms with van der Waals surface area (Å²) in [6.07, 6.45) is 5.19. The molecule has 0 aromatic carbocycles. The van der Waals surface area contributed by atoms with Gasteiger partial charge in [-0.25, -0.2) is 9.97 Å². The molecule has 0 aliphatic carbocycles. The maximum Gasteiger partial charge on any atom is 0.225 e. The minimum absolute atomic E-state index is 0.316. The molecule has 0 bridgehead atoms. The van der Waals surface area contributed by atoms with Crippen LogP contribution in [0.15, 0.2) is 12.4 Å². The number of anilines is 1. The van der Waals surface area contributed by atoms with Gasteiger partial charge in [-0.2, -0.15) is 0 Å². The van der Waals surface area contributed by atoms with E-state index in [1.807, 2.05) is 12.4 Å². The first-order chi connectivity index (χ1) is 9.19. The van der Waals surface area contributed by atoms with E-state index < -0.39 is 0 Å². The van der Waals surface area contributed by atoms with Crippen molar-refractivity contribution in [2.24, 2.45) is 5.92 Å². The quantitative estimate of drug-likeness (QED) is 0.842. The van der Waals surface area contributed by atoms with Crippen molar-refractivity contribution in [2.75, 3.05) is 31.6 Å². The molecule has 5 nitrogen and oxygen atoms in total. The monoisotopic (exact) mass is 264 g/mol. The molecule has 106 valence electrons. The van der Waals surface area contributed by atoms with E-state index in [1.165, 1.54) is 0 Å². The molecule has 0 radical (unpaired) electrons. The molecule has 1 atom stereocenters. The van der Waals surface area contributed by atoms with Crippen LogP contribution in [0.25, 0.3) is 0 Å². The van der Waals surface area contributed by atoms with Gasteiger partial charge in [0.15, 0.2) is 0 Å². The summed E-state index contributed by atoms with van der Waals surface area (Å²) < 4.78 is 5.35. The molecule has 1 N–H and O–H groups in total. The predicted molar refractivity (Wildman–Crippen MR) is 76.2 cm³/mol. The Morgan fingerprint density at radius 2 is 2.16 bits per heavy atom. The fourth-order valence-corrected chi connectivity index (χ4v) is 2.21. The molecule has 0 saturated carbocycles. The van der Waals surface area contributed by atoms with Gasteiger partial charge in [0.2, 0.25) is 5.95 Å². The molecule has 5 heteroatoms. The third kappa shape index (κ3) is 4.14. The average Bonchev–Trinajstić information content (AvgIpc) is 2.88. The van der Waals surface area contributed by atoms with Crippen LogP contribution in [0.2, 0.25) is 0 Å². The lowest BCUT2D eigenvalue weighted by molar-refractivity contribution is 0.121. The highest BCUT2D eigenvalue weighted by molar-refractivity contribution is 5.31. The largest absolute Gasteiger partial charge is 0.380 e. The van der Waals surface area contributed by atoms with Crippen molar-refractivity contribution < 1.29 is 4.74 Å². The molecular formula is C14H24N4O. The lowest BCUT2D eigenvalue weighted by Gasteiger charge is -2.16. The normalized spacial score (nSPS) is 19.4. The van der Waals surface area contributed by atoms with Gasteiger partial charge >= 0.3 is 0 Å². The Bertz CT molecular complexity index is 380. The number of hydrogen-bond acceptors (Lipinski definition) is 5. The van der Waals surface area contributed by atoms with Crippen LogP contribution < -0.4 is 10.2 Å². The number of hydrogen-bond donors (Lipinski definition) is 1. The Kier molecular flexibility index (Phi) is 5.10. The van der Waals surface area contributed by atoms with E-state index in [1.54, 1.807) is 7.11 Å². The van der Waals surface area contributed by atoms with Crippen LogP contribution in [0.4, 0.5) is 5.95 Å². The summed E-state index contributed by atoms with van der Waals surface area (Å²) in [5.41, 5.74) is 1.13. The number of rotatable bonds is 6. The molecule has 1 aromatic rings. The lowest BCUT2D eigenvalue weighted by atomic mass is 10.2. The van der Waals surface area contributed by atoms with Gasteiger partial charge < -0.3 is 15.0 Å². The van der Waals surface area contributed by atoms with Gasteiger partial charge in [-0.05, 0) is 18.9 Å². The van der Waals surface area contributed by atoms with Gasteiger partial charge in [0.1, 0.15) is 0 Å². The van der Waals surface area contributed by atoms with E-state index in [-0.39, 0.29) is 0 Å². The Labute approximate surface area is 115 Å². The van der Waals surface area contributed by atoms with Gasteiger partial charge in [0.05, 0.1) is 6.10 Å². The van der Waals surface area contributed by atoms with Crippen molar-refractivity contribution in [2.45, 2.75) is 32.9 Å². The van der Waals surface area contributed by atoms with E-state index in [2.05, 4.69) is 34.0 Å². The van der Waals surface area contributed by atoms with Crippen molar-refractivity contribution in [1.82, 2.24) is 15.3 Å². The molecule has 1 aromatic heterocycles. The molecule has 19 heavy (non-hydrogen) atoms. The third-order valence-electron chi connectivity index (χ3n) is 3.33. The first-order valence-electron chi connectivity index (χ1n) is 6.98. The zero-order valence-electron chi connectivity index (χ0n) is 12.1. The SMILES string of the molecule is COC1CCN(c2ncc(CNCC(C)C)cn2)C1. The van der Waals surface area contributed by atoms with Crippen LogP contribution in [0.1, 0.15) is 25.8 Å².